The molecule has 1 saturated heterocycles. The maximum Gasteiger partial charge on any atom is 0.163 e. The SMILES string of the molecule is CC(C)(C)O/N=C1/COC(C)(C)OCC1N. The molecule has 0 spiro atoms. The van der Waals surface area contributed by atoms with Gasteiger partial charge in [-0.05, 0) is 34.6 Å². The zero-order valence-electron chi connectivity index (χ0n) is 10.7. The molecule has 0 radical (unpaired) electrons. The van der Waals surface area contributed by atoms with Gasteiger partial charge in [0, 0.05) is 0 Å². The summed E-state index contributed by atoms with van der Waals surface area (Å²) < 4.78 is 11.0. The maximum absolute atomic E-state index is 5.91. The smallest absolute Gasteiger partial charge is 0.163 e. The average molecular weight is 230 g/mol. The van der Waals surface area contributed by atoms with E-state index in [-0.39, 0.29) is 11.6 Å². The molecule has 5 nitrogen and oxygen atoms in total. The number of oxime groups is 1. The normalized spacial score (nSPS) is 28.9. The van der Waals surface area contributed by atoms with Gasteiger partial charge in [0.2, 0.25) is 0 Å². The molecule has 0 aliphatic carbocycles. The Kier molecular flexibility index (Phi) is 3.93. The lowest BCUT2D eigenvalue weighted by atomic mass is 10.2. The van der Waals surface area contributed by atoms with Crippen molar-refractivity contribution in [3.8, 4) is 0 Å². The van der Waals surface area contributed by atoms with Gasteiger partial charge in [-0.3, -0.25) is 0 Å². The third-order valence-corrected chi connectivity index (χ3v) is 2.04. The second-order valence-corrected chi connectivity index (χ2v) is 5.39. The summed E-state index contributed by atoms with van der Waals surface area (Å²) >= 11 is 0. The molecule has 0 aromatic heterocycles. The molecule has 0 saturated carbocycles. The highest BCUT2D eigenvalue weighted by Crippen LogP contribution is 2.16. The summed E-state index contributed by atoms with van der Waals surface area (Å²) in [5.41, 5.74) is 6.27. The molecule has 1 atom stereocenters. The van der Waals surface area contributed by atoms with Crippen LogP contribution < -0.4 is 5.73 Å². The Morgan fingerprint density at radius 1 is 1.38 bits per heavy atom. The van der Waals surface area contributed by atoms with Gasteiger partial charge in [0.05, 0.1) is 19.3 Å². The summed E-state index contributed by atoms with van der Waals surface area (Å²) in [5.74, 6) is -0.614. The Morgan fingerprint density at radius 3 is 2.56 bits per heavy atom. The number of nitrogens with two attached hydrogens (primary N) is 1. The lowest BCUT2D eigenvalue weighted by molar-refractivity contribution is -0.197. The maximum atomic E-state index is 5.91. The molecule has 1 aliphatic rings. The molecular weight excluding hydrogens is 208 g/mol. The zero-order valence-corrected chi connectivity index (χ0v) is 10.7. The van der Waals surface area contributed by atoms with Crippen LogP contribution in [0.3, 0.4) is 0 Å². The van der Waals surface area contributed by atoms with Crippen LogP contribution in [-0.4, -0.2) is 36.4 Å². The van der Waals surface area contributed by atoms with E-state index in [4.69, 9.17) is 20.0 Å². The summed E-state index contributed by atoms with van der Waals surface area (Å²) in [6.45, 7) is 10.2. The molecule has 0 amide bonds. The molecule has 1 rings (SSSR count). The molecule has 1 fully saturated rings. The van der Waals surface area contributed by atoms with Crippen molar-refractivity contribution in [2.75, 3.05) is 13.2 Å². The second kappa shape index (κ2) is 4.69. The van der Waals surface area contributed by atoms with Gasteiger partial charge in [-0.15, -0.1) is 0 Å². The quantitative estimate of drug-likeness (QED) is 0.689. The lowest BCUT2D eigenvalue weighted by Crippen LogP contribution is -2.36. The molecule has 16 heavy (non-hydrogen) atoms. The van der Waals surface area contributed by atoms with E-state index < -0.39 is 5.79 Å². The third-order valence-electron chi connectivity index (χ3n) is 2.04. The fraction of sp³-hybridized carbons (Fsp3) is 0.909. The van der Waals surface area contributed by atoms with Gasteiger partial charge in [-0.1, -0.05) is 5.16 Å². The highest BCUT2D eigenvalue weighted by atomic mass is 16.7. The van der Waals surface area contributed by atoms with Crippen LogP contribution in [0.25, 0.3) is 0 Å². The van der Waals surface area contributed by atoms with E-state index in [1.54, 1.807) is 0 Å². The molecule has 2 N–H and O–H groups in total. The molecule has 0 aromatic carbocycles. The zero-order chi connectivity index (χ0) is 12.4. The van der Waals surface area contributed by atoms with Gasteiger partial charge >= 0.3 is 0 Å². The summed E-state index contributed by atoms with van der Waals surface area (Å²) in [4.78, 5) is 5.34. The first-order valence-electron chi connectivity index (χ1n) is 5.48. The van der Waals surface area contributed by atoms with Crippen LogP contribution in [0.2, 0.25) is 0 Å². The van der Waals surface area contributed by atoms with Crippen LogP contribution in [0.5, 0.6) is 0 Å². The summed E-state index contributed by atoms with van der Waals surface area (Å²) in [5, 5.41) is 4.05. The Morgan fingerprint density at radius 2 is 2.00 bits per heavy atom. The predicted octanol–water partition coefficient (Wildman–Crippen LogP) is 1.27. The van der Waals surface area contributed by atoms with E-state index in [0.717, 1.165) is 0 Å². The van der Waals surface area contributed by atoms with E-state index in [1.165, 1.54) is 0 Å². The minimum absolute atomic E-state index is 0.274. The van der Waals surface area contributed by atoms with Crippen LogP contribution in [-0.2, 0) is 14.3 Å². The lowest BCUT2D eigenvalue weighted by Gasteiger charge is -2.22. The van der Waals surface area contributed by atoms with Gasteiger partial charge in [0.15, 0.2) is 5.79 Å². The highest BCUT2D eigenvalue weighted by Gasteiger charge is 2.28. The monoisotopic (exact) mass is 230 g/mol. The summed E-state index contributed by atoms with van der Waals surface area (Å²) in [6.07, 6.45) is 0. The van der Waals surface area contributed by atoms with Crippen molar-refractivity contribution in [3.63, 3.8) is 0 Å². The second-order valence-electron chi connectivity index (χ2n) is 5.39. The van der Waals surface area contributed by atoms with Crippen molar-refractivity contribution in [2.45, 2.75) is 52.0 Å². The minimum Gasteiger partial charge on any atom is -0.390 e. The standard InChI is InChI=1S/C11H22N2O3/c1-10(2,3)16-13-9-7-15-11(4,5)14-6-8(9)12/h8H,6-7,12H2,1-5H3/b13-9-. The Hall–Kier alpha value is -0.650. The fourth-order valence-electron chi connectivity index (χ4n) is 1.07. The average Bonchev–Trinajstić information content (AvgIpc) is 2.23. The van der Waals surface area contributed by atoms with Crippen molar-refractivity contribution in [1.82, 2.24) is 0 Å². The first-order valence-corrected chi connectivity index (χ1v) is 5.48. The Balaban J connectivity index is 2.66. The van der Waals surface area contributed by atoms with Crippen molar-refractivity contribution >= 4 is 5.71 Å². The first kappa shape index (κ1) is 13.4. The van der Waals surface area contributed by atoms with Crippen LogP contribution in [0.15, 0.2) is 5.16 Å². The van der Waals surface area contributed by atoms with Crippen LogP contribution in [0.1, 0.15) is 34.6 Å². The molecule has 0 bridgehead atoms. The largest absolute Gasteiger partial charge is 0.390 e. The fourth-order valence-corrected chi connectivity index (χ4v) is 1.07. The van der Waals surface area contributed by atoms with Crippen LogP contribution >= 0.6 is 0 Å². The van der Waals surface area contributed by atoms with Crippen LogP contribution in [0.4, 0.5) is 0 Å². The van der Waals surface area contributed by atoms with E-state index in [2.05, 4.69) is 5.16 Å². The van der Waals surface area contributed by atoms with Crippen molar-refractivity contribution in [2.24, 2.45) is 10.9 Å². The molecule has 1 heterocycles. The molecule has 94 valence electrons. The van der Waals surface area contributed by atoms with Gasteiger partial charge in [0.25, 0.3) is 0 Å². The molecule has 0 aromatic rings. The van der Waals surface area contributed by atoms with Gasteiger partial charge in [-0.2, -0.15) is 0 Å². The van der Waals surface area contributed by atoms with E-state index >= 15 is 0 Å². The van der Waals surface area contributed by atoms with E-state index in [0.29, 0.717) is 18.9 Å². The first-order chi connectivity index (χ1) is 7.20. The number of rotatable bonds is 1. The van der Waals surface area contributed by atoms with Gasteiger partial charge in [-0.25, -0.2) is 0 Å². The molecule has 1 unspecified atom stereocenters. The number of hydrogen-bond donors (Lipinski definition) is 1. The van der Waals surface area contributed by atoms with Gasteiger partial charge < -0.3 is 20.0 Å². The Labute approximate surface area is 96.9 Å². The molecule has 1 aliphatic heterocycles. The number of hydrogen-bond acceptors (Lipinski definition) is 5. The topological polar surface area (TPSA) is 66.1 Å². The third kappa shape index (κ3) is 4.47. The van der Waals surface area contributed by atoms with Gasteiger partial charge in [0.1, 0.15) is 11.3 Å². The van der Waals surface area contributed by atoms with Crippen molar-refractivity contribution in [1.29, 1.82) is 0 Å². The predicted molar refractivity (Wildman–Crippen MR) is 62.2 cm³/mol. The van der Waals surface area contributed by atoms with Crippen molar-refractivity contribution < 1.29 is 14.3 Å². The highest BCUT2D eigenvalue weighted by molar-refractivity contribution is 5.90. The number of nitrogens with zero attached hydrogens (tertiary/aromatic N) is 1. The number of ether oxygens (including phenoxy) is 2. The Bertz CT molecular complexity index is 269. The van der Waals surface area contributed by atoms with E-state index in [1.807, 2.05) is 34.6 Å². The minimum atomic E-state index is -0.614. The summed E-state index contributed by atoms with van der Waals surface area (Å²) in [6, 6.07) is -0.274. The van der Waals surface area contributed by atoms with Crippen molar-refractivity contribution in [3.05, 3.63) is 0 Å². The molecule has 5 heteroatoms. The molecular formula is C11H22N2O3. The summed E-state index contributed by atoms with van der Waals surface area (Å²) in [7, 11) is 0. The van der Waals surface area contributed by atoms with Crippen LogP contribution in [0, 0.1) is 0 Å². The van der Waals surface area contributed by atoms with E-state index in [9.17, 15) is 0 Å².